The number of β-amino-alcohol motifs (C(OH)–C–C–N with tert-alkyl or cyclic N) is 1. The molecule has 16 nitrogen and oxygen atoms in total. The molecular weight excluding hydrogens is 845 g/mol. The van der Waals surface area contributed by atoms with E-state index in [1.165, 1.54) is 4.90 Å². The number of carbonyl (C=O) groups excluding carboxylic acids is 2. The van der Waals surface area contributed by atoms with Crippen molar-refractivity contribution in [2.45, 2.75) is 83.6 Å². The number of anilines is 2. The highest BCUT2D eigenvalue weighted by Crippen LogP contribution is 2.38. The van der Waals surface area contributed by atoms with E-state index in [1.54, 1.807) is 29.5 Å². The number of nitrogens with one attached hydrogen (secondary N) is 2. The third kappa shape index (κ3) is 9.42. The van der Waals surface area contributed by atoms with Crippen molar-refractivity contribution < 1.29 is 29.1 Å². The average molecular weight is 905 g/mol. The number of phenolic OH excluding ortho intramolecular Hbond substituents is 1. The minimum absolute atomic E-state index is 0.0604. The van der Waals surface area contributed by atoms with Crippen LogP contribution in [0.4, 0.5) is 11.5 Å². The Kier molecular flexibility index (Phi) is 13.1. The summed E-state index contributed by atoms with van der Waals surface area (Å²) in [6.45, 7) is 16.9. The summed E-state index contributed by atoms with van der Waals surface area (Å²) in [5.41, 5.74) is 7.20. The number of piperidine rings is 1. The molecule has 65 heavy (non-hydrogen) atoms. The molecule has 0 spiro atoms. The third-order valence-corrected chi connectivity index (χ3v) is 14.7. The van der Waals surface area contributed by atoms with Gasteiger partial charge in [-0.2, -0.15) is 0 Å². The maximum Gasteiger partial charge on any atom is 0.254 e. The Morgan fingerprint density at radius 1 is 1.03 bits per heavy atom. The Morgan fingerprint density at radius 2 is 1.85 bits per heavy atom. The number of benzene rings is 2. The van der Waals surface area contributed by atoms with Gasteiger partial charge in [0.2, 0.25) is 11.8 Å². The summed E-state index contributed by atoms with van der Waals surface area (Å²) in [4.78, 5) is 42.5. The molecule has 3 fully saturated rings. The Morgan fingerprint density at radius 3 is 2.60 bits per heavy atom. The molecule has 0 unspecified atom stereocenters. The van der Waals surface area contributed by atoms with E-state index in [1.807, 2.05) is 75.7 Å². The number of aromatic nitrogens is 4. The van der Waals surface area contributed by atoms with E-state index in [2.05, 4.69) is 52.6 Å². The van der Waals surface area contributed by atoms with E-state index in [9.17, 15) is 19.8 Å². The molecule has 4 aliphatic rings. The van der Waals surface area contributed by atoms with Crippen molar-refractivity contribution >= 4 is 34.7 Å². The van der Waals surface area contributed by atoms with Crippen molar-refractivity contribution in [3.63, 3.8) is 0 Å². The molecule has 7 heterocycles. The van der Waals surface area contributed by atoms with Gasteiger partial charge in [0, 0.05) is 69.9 Å². The number of likely N-dealkylation sites (tertiary alicyclic amines) is 2. The molecule has 2 amide bonds. The van der Waals surface area contributed by atoms with Gasteiger partial charge in [-0.1, -0.05) is 57.2 Å². The average Bonchev–Trinajstić information content (AvgIpc) is 4.06. The maximum atomic E-state index is 14.2. The number of rotatable bonds is 13. The van der Waals surface area contributed by atoms with Crippen LogP contribution in [0.1, 0.15) is 69.5 Å². The molecular formula is C48H60N10O6S. The molecule has 4 aliphatic heterocycles. The predicted octanol–water partition coefficient (Wildman–Crippen LogP) is 5.55. The minimum atomic E-state index is -0.821. The number of aliphatic hydroxyl groups excluding tert-OH is 1. The number of phenols is 1. The van der Waals surface area contributed by atoms with Crippen LogP contribution >= 0.6 is 11.3 Å². The largest absolute Gasteiger partial charge is 0.507 e. The maximum absolute atomic E-state index is 14.2. The quantitative estimate of drug-likeness (QED) is 0.115. The molecule has 7 atom stereocenters. The van der Waals surface area contributed by atoms with E-state index in [-0.39, 0.29) is 42.5 Å². The summed E-state index contributed by atoms with van der Waals surface area (Å²) in [5.74, 6) is 0.678. The number of carbonyl (C=O) groups is 2. The van der Waals surface area contributed by atoms with Crippen LogP contribution in [0.5, 0.6) is 11.6 Å². The van der Waals surface area contributed by atoms with Crippen LogP contribution in [0, 0.1) is 18.8 Å². The number of aliphatic hydroxyl groups is 1. The first kappa shape index (κ1) is 44.6. The van der Waals surface area contributed by atoms with Gasteiger partial charge in [-0.15, -0.1) is 21.5 Å². The number of nitrogens with zero attached hydrogens (tertiary/aromatic N) is 8. The Bertz CT molecular complexity index is 2460. The zero-order valence-corrected chi connectivity index (χ0v) is 38.6. The number of para-hydroxylation sites is 1. The number of aromatic hydroxyl groups is 1. The number of hydrogen-bond donors (Lipinski definition) is 4. The number of aryl methyl sites for hydroxylation is 1. The van der Waals surface area contributed by atoms with Gasteiger partial charge >= 0.3 is 0 Å². The van der Waals surface area contributed by atoms with Crippen molar-refractivity contribution in [2.75, 3.05) is 69.2 Å². The summed E-state index contributed by atoms with van der Waals surface area (Å²) >= 11 is 1.59. The van der Waals surface area contributed by atoms with Gasteiger partial charge in [0.15, 0.2) is 11.6 Å². The molecule has 3 aromatic heterocycles. The van der Waals surface area contributed by atoms with Crippen LogP contribution in [-0.4, -0.2) is 140 Å². The Hall–Kier alpha value is -5.62. The normalized spacial score (nSPS) is 23.4. The molecule has 3 saturated heterocycles. The topological polar surface area (TPSA) is 186 Å². The highest BCUT2D eigenvalue weighted by molar-refractivity contribution is 7.13. The fourth-order valence-electron chi connectivity index (χ4n) is 10.3. The van der Waals surface area contributed by atoms with Crippen LogP contribution in [0.25, 0.3) is 21.7 Å². The molecule has 4 N–H and O–H groups in total. The van der Waals surface area contributed by atoms with Crippen LogP contribution in [-0.2, 0) is 9.59 Å². The fourth-order valence-corrected chi connectivity index (χ4v) is 11.1. The summed E-state index contributed by atoms with van der Waals surface area (Å²) in [6.07, 6.45) is 0.404. The van der Waals surface area contributed by atoms with Crippen LogP contribution in [0.15, 0.2) is 70.7 Å². The monoisotopic (exact) mass is 904 g/mol. The summed E-state index contributed by atoms with van der Waals surface area (Å²) < 4.78 is 11.9. The third-order valence-electron chi connectivity index (χ3n) is 13.7. The van der Waals surface area contributed by atoms with Crippen molar-refractivity contribution in [3.8, 4) is 33.3 Å². The van der Waals surface area contributed by atoms with Crippen LogP contribution in [0.2, 0.25) is 0 Å². The number of fused-ring (bicyclic) bond motifs is 3. The standard InChI is InChI=1S/C48H60N10O6S/c1-28(2)44(48(62)58-26-35(59)20-40(58)47(61)51-30(4)32-10-12-33(13-11-32)45-31(5)50-27-65-45)42-22-43(54-64-42)63-19-18-55-15-14-38(29(3)24-55)56-16-17-57-34(25-56)23-49-46-39(57)21-37(52-53-46)36-8-6-7-9-41(36)60/h6-13,21-22,27-30,34-35,38,40,44,59-60H,14-20,23-26H2,1-5H3,(H,49,53)(H,51,61)/t29-,30+,34+,35-,38+,40+,44-/m1/s1. The molecule has 2 aromatic carbocycles. The van der Waals surface area contributed by atoms with E-state index < -0.39 is 18.1 Å². The van der Waals surface area contributed by atoms with Crippen LogP contribution < -0.4 is 20.3 Å². The SMILES string of the molecule is Cc1ncsc1-c1ccc([C@H](C)NC(=O)[C@@H]2C[C@@H](O)CN2C(=O)[C@@H](c2cc(OCCN3CC[C@H](N4CCN5c6cc(-c7ccccc7O)nnc6NC[C@H]5C4)[C@H](C)C3)no2)C(C)C)cc1. The summed E-state index contributed by atoms with van der Waals surface area (Å²) in [6, 6.07) is 18.7. The van der Waals surface area contributed by atoms with Gasteiger partial charge in [-0.05, 0) is 73.1 Å². The zero-order chi connectivity index (χ0) is 45.4. The number of hydrogen-bond acceptors (Lipinski definition) is 15. The van der Waals surface area contributed by atoms with Gasteiger partial charge in [-0.3, -0.25) is 19.4 Å². The van der Waals surface area contributed by atoms with Crippen LogP contribution in [0.3, 0.4) is 0 Å². The first-order chi connectivity index (χ1) is 31.4. The smallest absolute Gasteiger partial charge is 0.254 e. The zero-order valence-electron chi connectivity index (χ0n) is 37.8. The second-order valence-corrected chi connectivity index (χ2v) is 19.3. The predicted molar refractivity (Wildman–Crippen MR) is 249 cm³/mol. The number of thiazole rings is 1. The number of piperazine rings is 1. The highest BCUT2D eigenvalue weighted by Gasteiger charge is 2.44. The van der Waals surface area contributed by atoms with Crippen molar-refractivity contribution in [1.82, 2.24) is 40.4 Å². The van der Waals surface area contributed by atoms with Crippen molar-refractivity contribution in [3.05, 3.63) is 83.2 Å². The molecule has 0 radical (unpaired) electrons. The van der Waals surface area contributed by atoms with E-state index in [0.717, 1.165) is 85.4 Å². The fraction of sp³-hybridized carbons (Fsp3) is 0.500. The molecule has 17 heteroatoms. The summed E-state index contributed by atoms with van der Waals surface area (Å²) in [5, 5.41) is 40.8. The second kappa shape index (κ2) is 19.1. The Labute approximate surface area is 384 Å². The Balaban J connectivity index is 0.753. The second-order valence-electron chi connectivity index (χ2n) is 18.5. The molecule has 0 aliphatic carbocycles. The van der Waals surface area contributed by atoms with E-state index in [4.69, 9.17) is 9.26 Å². The number of amides is 2. The van der Waals surface area contributed by atoms with Gasteiger partial charge in [0.1, 0.15) is 24.3 Å². The van der Waals surface area contributed by atoms with Gasteiger partial charge in [0.05, 0.1) is 45.7 Å². The lowest BCUT2D eigenvalue weighted by molar-refractivity contribution is -0.141. The number of ether oxygens (including phenoxy) is 1. The summed E-state index contributed by atoms with van der Waals surface area (Å²) in [7, 11) is 0. The molecule has 9 rings (SSSR count). The van der Waals surface area contributed by atoms with E-state index in [0.29, 0.717) is 47.5 Å². The first-order valence-corrected chi connectivity index (χ1v) is 23.8. The van der Waals surface area contributed by atoms with Gasteiger partial charge < -0.3 is 39.9 Å². The lowest BCUT2D eigenvalue weighted by Gasteiger charge is -2.50. The molecule has 0 saturated carbocycles. The molecule has 0 bridgehead atoms. The lowest BCUT2D eigenvalue weighted by Crippen LogP contribution is -2.62. The van der Waals surface area contributed by atoms with Gasteiger partial charge in [-0.25, -0.2) is 4.98 Å². The highest BCUT2D eigenvalue weighted by atomic mass is 32.1. The lowest BCUT2D eigenvalue weighted by atomic mass is 9.91. The van der Waals surface area contributed by atoms with Crippen molar-refractivity contribution in [1.29, 1.82) is 0 Å². The molecule has 344 valence electrons. The molecule has 5 aromatic rings. The van der Waals surface area contributed by atoms with E-state index >= 15 is 0 Å². The van der Waals surface area contributed by atoms with Crippen molar-refractivity contribution in [2.24, 2.45) is 11.8 Å². The van der Waals surface area contributed by atoms with Gasteiger partial charge in [0.25, 0.3) is 5.88 Å². The first-order valence-electron chi connectivity index (χ1n) is 22.9. The minimum Gasteiger partial charge on any atom is -0.507 e.